The van der Waals surface area contributed by atoms with Crippen LogP contribution in [-0.4, -0.2) is 51.4 Å². The monoisotopic (exact) mass is 591 g/mol. The number of carbonyl (C=O) groups is 2. The number of nitrogens with one attached hydrogen (secondary N) is 1. The van der Waals surface area contributed by atoms with E-state index in [1.54, 1.807) is 67.6 Å². The van der Waals surface area contributed by atoms with E-state index in [-0.39, 0.29) is 28.8 Å². The molecular formula is C28H31Cl2N3O5S. The van der Waals surface area contributed by atoms with Crippen molar-refractivity contribution in [2.45, 2.75) is 37.8 Å². The van der Waals surface area contributed by atoms with E-state index in [0.29, 0.717) is 28.6 Å². The lowest BCUT2D eigenvalue weighted by Gasteiger charge is -2.32. The van der Waals surface area contributed by atoms with Crippen molar-refractivity contribution in [1.82, 2.24) is 10.2 Å². The van der Waals surface area contributed by atoms with Crippen molar-refractivity contribution >= 4 is 50.7 Å². The maximum absolute atomic E-state index is 13.9. The van der Waals surface area contributed by atoms with E-state index in [4.69, 9.17) is 27.9 Å². The van der Waals surface area contributed by atoms with Crippen molar-refractivity contribution in [3.63, 3.8) is 0 Å². The molecule has 2 amide bonds. The van der Waals surface area contributed by atoms with Crippen LogP contribution < -0.4 is 14.4 Å². The Morgan fingerprint density at radius 1 is 1.00 bits per heavy atom. The molecule has 0 aliphatic heterocycles. The Kier molecular flexibility index (Phi) is 10.6. The Morgan fingerprint density at radius 2 is 1.67 bits per heavy atom. The molecule has 1 atom stereocenters. The van der Waals surface area contributed by atoms with Gasteiger partial charge in [-0.15, -0.1) is 0 Å². The SMILES string of the molecule is CCCNC(=O)C(C)N(Cc1ccc(Cl)cc1Cl)C(=O)CN(c1ccccc1OC)S(=O)(=O)c1ccccc1. The average molecular weight is 593 g/mol. The fraction of sp³-hybridized carbons (Fsp3) is 0.286. The summed E-state index contributed by atoms with van der Waals surface area (Å²) in [6, 6.07) is 18.3. The number of benzene rings is 3. The molecule has 0 aliphatic rings. The third kappa shape index (κ3) is 7.44. The summed E-state index contributed by atoms with van der Waals surface area (Å²) in [5, 5.41) is 3.54. The summed E-state index contributed by atoms with van der Waals surface area (Å²) in [6.07, 6.45) is 0.715. The lowest BCUT2D eigenvalue weighted by molar-refractivity contribution is -0.139. The average Bonchev–Trinajstić information content (AvgIpc) is 2.94. The third-order valence-electron chi connectivity index (χ3n) is 6.04. The molecule has 0 saturated carbocycles. The van der Waals surface area contributed by atoms with E-state index in [1.165, 1.54) is 24.1 Å². The van der Waals surface area contributed by atoms with Crippen molar-refractivity contribution < 1.29 is 22.7 Å². The van der Waals surface area contributed by atoms with Crippen LogP contribution in [0.2, 0.25) is 10.0 Å². The molecule has 3 aromatic carbocycles. The molecule has 3 aromatic rings. The molecule has 0 fully saturated rings. The minimum Gasteiger partial charge on any atom is -0.495 e. The fourth-order valence-electron chi connectivity index (χ4n) is 3.88. The highest BCUT2D eigenvalue weighted by atomic mass is 35.5. The number of hydrogen-bond donors (Lipinski definition) is 1. The summed E-state index contributed by atoms with van der Waals surface area (Å²) in [5.74, 6) is -0.707. The first-order valence-corrected chi connectivity index (χ1v) is 14.5. The van der Waals surface area contributed by atoms with Gasteiger partial charge < -0.3 is 15.0 Å². The van der Waals surface area contributed by atoms with Crippen LogP contribution in [-0.2, 0) is 26.2 Å². The Balaban J connectivity index is 2.06. The van der Waals surface area contributed by atoms with Crippen molar-refractivity contribution in [1.29, 1.82) is 0 Å². The Bertz CT molecular complexity index is 1400. The number of methoxy groups -OCH3 is 1. The number of anilines is 1. The summed E-state index contributed by atoms with van der Waals surface area (Å²) < 4.78 is 34.1. The maximum atomic E-state index is 13.9. The number of nitrogens with zero attached hydrogens (tertiary/aromatic N) is 2. The number of amides is 2. The highest BCUT2D eigenvalue weighted by Gasteiger charge is 2.33. The lowest BCUT2D eigenvalue weighted by Crippen LogP contribution is -2.51. The second-order valence-corrected chi connectivity index (χ2v) is 11.4. The van der Waals surface area contributed by atoms with Gasteiger partial charge in [0.25, 0.3) is 10.0 Å². The Morgan fingerprint density at radius 3 is 2.31 bits per heavy atom. The first-order chi connectivity index (χ1) is 18.6. The van der Waals surface area contributed by atoms with Crippen LogP contribution in [0.5, 0.6) is 5.75 Å². The van der Waals surface area contributed by atoms with Gasteiger partial charge in [-0.05, 0) is 55.3 Å². The van der Waals surface area contributed by atoms with Gasteiger partial charge in [-0.25, -0.2) is 8.42 Å². The van der Waals surface area contributed by atoms with Crippen LogP contribution in [0.1, 0.15) is 25.8 Å². The predicted octanol–water partition coefficient (Wildman–Crippen LogP) is 5.14. The van der Waals surface area contributed by atoms with E-state index < -0.39 is 28.5 Å². The quantitative estimate of drug-likeness (QED) is 0.314. The summed E-state index contributed by atoms with van der Waals surface area (Å²) in [6.45, 7) is 3.31. The molecule has 0 radical (unpaired) electrons. The summed E-state index contributed by atoms with van der Waals surface area (Å²) in [7, 11) is -2.78. The molecule has 1 unspecified atom stereocenters. The van der Waals surface area contributed by atoms with Crippen LogP contribution in [0.4, 0.5) is 5.69 Å². The van der Waals surface area contributed by atoms with E-state index in [0.717, 1.165) is 4.31 Å². The maximum Gasteiger partial charge on any atom is 0.264 e. The smallest absolute Gasteiger partial charge is 0.264 e. The molecule has 8 nitrogen and oxygen atoms in total. The number of rotatable bonds is 12. The number of carbonyl (C=O) groups excluding carboxylic acids is 2. The highest BCUT2D eigenvalue weighted by molar-refractivity contribution is 7.92. The molecule has 0 bridgehead atoms. The van der Waals surface area contributed by atoms with Gasteiger partial charge in [-0.2, -0.15) is 0 Å². The Hall–Kier alpha value is -3.27. The molecule has 0 saturated heterocycles. The molecule has 0 heterocycles. The van der Waals surface area contributed by atoms with Crippen molar-refractivity contribution in [2.75, 3.05) is 24.5 Å². The van der Waals surface area contributed by atoms with Crippen LogP contribution in [0.15, 0.2) is 77.7 Å². The number of halogens is 2. The zero-order valence-electron chi connectivity index (χ0n) is 21.9. The van der Waals surface area contributed by atoms with Crippen LogP contribution >= 0.6 is 23.2 Å². The van der Waals surface area contributed by atoms with Gasteiger partial charge in [-0.3, -0.25) is 13.9 Å². The molecular weight excluding hydrogens is 561 g/mol. The zero-order valence-corrected chi connectivity index (χ0v) is 24.3. The molecule has 39 heavy (non-hydrogen) atoms. The second-order valence-electron chi connectivity index (χ2n) is 8.72. The van der Waals surface area contributed by atoms with Gasteiger partial charge >= 0.3 is 0 Å². The van der Waals surface area contributed by atoms with E-state index in [2.05, 4.69) is 5.32 Å². The van der Waals surface area contributed by atoms with E-state index in [9.17, 15) is 18.0 Å². The zero-order chi connectivity index (χ0) is 28.6. The van der Waals surface area contributed by atoms with Gasteiger partial charge in [0, 0.05) is 23.1 Å². The molecule has 3 rings (SSSR count). The lowest BCUT2D eigenvalue weighted by atomic mass is 10.1. The number of para-hydroxylation sites is 2. The molecule has 0 aliphatic carbocycles. The van der Waals surface area contributed by atoms with Gasteiger partial charge in [0.1, 0.15) is 18.3 Å². The van der Waals surface area contributed by atoms with Gasteiger partial charge in [0.15, 0.2) is 0 Å². The predicted molar refractivity (Wildman–Crippen MR) is 154 cm³/mol. The van der Waals surface area contributed by atoms with Crippen LogP contribution in [0, 0.1) is 0 Å². The highest BCUT2D eigenvalue weighted by Crippen LogP contribution is 2.32. The first-order valence-electron chi connectivity index (χ1n) is 12.3. The third-order valence-corrected chi connectivity index (χ3v) is 8.40. The van der Waals surface area contributed by atoms with Gasteiger partial charge in [-0.1, -0.05) is 66.5 Å². The topological polar surface area (TPSA) is 96.0 Å². The van der Waals surface area contributed by atoms with E-state index >= 15 is 0 Å². The minimum absolute atomic E-state index is 0.00439. The largest absolute Gasteiger partial charge is 0.495 e. The van der Waals surface area contributed by atoms with Crippen LogP contribution in [0.3, 0.4) is 0 Å². The molecule has 11 heteroatoms. The molecule has 0 spiro atoms. The molecule has 0 aromatic heterocycles. The fourth-order valence-corrected chi connectivity index (χ4v) is 5.79. The summed E-state index contributed by atoms with van der Waals surface area (Å²) >= 11 is 12.4. The van der Waals surface area contributed by atoms with Gasteiger partial charge in [0.05, 0.1) is 17.7 Å². The molecule has 1 N–H and O–H groups in total. The number of hydrogen-bond acceptors (Lipinski definition) is 5. The summed E-state index contributed by atoms with van der Waals surface area (Å²) in [5.41, 5.74) is 0.740. The van der Waals surface area contributed by atoms with Crippen molar-refractivity contribution in [2.24, 2.45) is 0 Å². The number of ether oxygens (including phenoxy) is 1. The van der Waals surface area contributed by atoms with Gasteiger partial charge in [0.2, 0.25) is 11.8 Å². The van der Waals surface area contributed by atoms with Crippen LogP contribution in [0.25, 0.3) is 0 Å². The Labute approximate surface area is 239 Å². The van der Waals surface area contributed by atoms with E-state index in [1.807, 2.05) is 6.92 Å². The first kappa shape index (κ1) is 30.3. The standard InChI is InChI=1S/C28H31Cl2N3O5S/c1-4-16-31-28(35)20(2)32(18-21-14-15-22(29)17-24(21)30)27(34)19-33(25-12-8-9-13-26(25)38-3)39(36,37)23-10-6-5-7-11-23/h5-15,17,20H,4,16,18-19H2,1-3H3,(H,31,35). The molecule has 208 valence electrons. The van der Waals surface area contributed by atoms with Crippen molar-refractivity contribution in [3.05, 3.63) is 88.4 Å². The number of sulfonamides is 1. The van der Waals surface area contributed by atoms with Crippen molar-refractivity contribution in [3.8, 4) is 5.75 Å². The minimum atomic E-state index is -4.20. The summed E-state index contributed by atoms with van der Waals surface area (Å²) in [4.78, 5) is 28.2. The normalized spacial score (nSPS) is 11.9. The second kappa shape index (κ2) is 13.7.